The number of nitrogens with zero attached hydrogens (tertiary/aromatic N) is 2. The monoisotopic (exact) mass is 344 g/mol. The number of carbonyl (C=O) groups excluding carboxylic acids is 2. The fourth-order valence-electron chi connectivity index (χ4n) is 4.28. The number of ether oxygens (including phenoxy) is 1. The Morgan fingerprint density at radius 1 is 1.16 bits per heavy atom. The van der Waals surface area contributed by atoms with Crippen LogP contribution in [0.3, 0.4) is 0 Å². The molecule has 2 saturated heterocycles. The van der Waals surface area contributed by atoms with Crippen molar-refractivity contribution in [1.29, 1.82) is 0 Å². The quantitative estimate of drug-likeness (QED) is 0.826. The molecule has 0 aromatic heterocycles. The van der Waals surface area contributed by atoms with E-state index in [0.29, 0.717) is 19.5 Å². The standard InChI is InChI=1S/C20H28N2O3/c1-18(2,3)25-17(24)22-19(4)11-16(23)20(22,5)14-21(13-19)12-15-9-7-6-8-10-15/h6-10H,11-14H2,1-5H3. The second-order valence-electron chi connectivity index (χ2n) is 8.82. The minimum Gasteiger partial charge on any atom is -0.444 e. The Bertz CT molecular complexity index is 682. The zero-order chi connectivity index (χ0) is 18.5. The number of likely N-dealkylation sites (tertiary alicyclic amines) is 1. The largest absolute Gasteiger partial charge is 0.444 e. The first kappa shape index (κ1) is 17.9. The Hall–Kier alpha value is -1.88. The van der Waals surface area contributed by atoms with E-state index in [9.17, 15) is 9.59 Å². The van der Waals surface area contributed by atoms with Crippen molar-refractivity contribution in [2.75, 3.05) is 13.1 Å². The van der Waals surface area contributed by atoms with Gasteiger partial charge in [0.25, 0.3) is 0 Å². The Kier molecular flexibility index (Phi) is 4.18. The number of ketones is 1. The Morgan fingerprint density at radius 2 is 1.80 bits per heavy atom. The molecular weight excluding hydrogens is 316 g/mol. The van der Waals surface area contributed by atoms with Crippen LogP contribution in [0.15, 0.2) is 30.3 Å². The lowest BCUT2D eigenvalue weighted by molar-refractivity contribution is -0.127. The van der Waals surface area contributed by atoms with Gasteiger partial charge in [-0.25, -0.2) is 4.79 Å². The van der Waals surface area contributed by atoms with Crippen molar-refractivity contribution in [3.63, 3.8) is 0 Å². The van der Waals surface area contributed by atoms with Gasteiger partial charge in [-0.3, -0.25) is 14.6 Å². The van der Waals surface area contributed by atoms with E-state index in [4.69, 9.17) is 4.74 Å². The average Bonchev–Trinajstić information content (AvgIpc) is 2.57. The van der Waals surface area contributed by atoms with Crippen LogP contribution < -0.4 is 0 Å². The normalized spacial score (nSPS) is 29.8. The van der Waals surface area contributed by atoms with Crippen molar-refractivity contribution < 1.29 is 14.3 Å². The van der Waals surface area contributed by atoms with Crippen LogP contribution in [0.2, 0.25) is 0 Å². The van der Waals surface area contributed by atoms with E-state index in [2.05, 4.69) is 17.0 Å². The lowest BCUT2D eigenvalue weighted by Gasteiger charge is -2.50. The molecule has 2 bridgehead atoms. The summed E-state index contributed by atoms with van der Waals surface area (Å²) in [6.45, 7) is 11.4. The van der Waals surface area contributed by atoms with Gasteiger partial charge in [0.05, 0.1) is 5.54 Å². The maximum Gasteiger partial charge on any atom is 0.411 e. The van der Waals surface area contributed by atoms with Gasteiger partial charge in [-0.2, -0.15) is 0 Å². The summed E-state index contributed by atoms with van der Waals surface area (Å²) >= 11 is 0. The second-order valence-corrected chi connectivity index (χ2v) is 8.82. The van der Waals surface area contributed by atoms with Crippen molar-refractivity contribution in [2.45, 2.75) is 64.3 Å². The summed E-state index contributed by atoms with van der Waals surface area (Å²) in [6.07, 6.45) is -0.00341. The number of fused-ring (bicyclic) bond motifs is 2. The first-order valence-electron chi connectivity index (χ1n) is 8.86. The molecule has 2 heterocycles. The molecule has 2 aliphatic heterocycles. The summed E-state index contributed by atoms with van der Waals surface area (Å²) in [6, 6.07) is 10.2. The SMILES string of the molecule is CC(C)(C)OC(=O)N1C2(C)CC(=O)C1(C)CN(Cc1ccccc1)C2. The van der Waals surface area contributed by atoms with Crippen molar-refractivity contribution in [2.24, 2.45) is 0 Å². The van der Waals surface area contributed by atoms with Gasteiger partial charge < -0.3 is 4.74 Å². The van der Waals surface area contributed by atoms with Crippen molar-refractivity contribution in [1.82, 2.24) is 9.80 Å². The molecule has 0 N–H and O–H groups in total. The van der Waals surface area contributed by atoms with Gasteiger partial charge in [-0.1, -0.05) is 30.3 Å². The summed E-state index contributed by atoms with van der Waals surface area (Å²) in [5, 5.41) is 0. The number of hydrogen-bond donors (Lipinski definition) is 0. The molecule has 1 aromatic rings. The van der Waals surface area contributed by atoms with Crippen molar-refractivity contribution in [3.8, 4) is 0 Å². The minimum atomic E-state index is -0.829. The van der Waals surface area contributed by atoms with Crippen molar-refractivity contribution in [3.05, 3.63) is 35.9 Å². The highest BCUT2D eigenvalue weighted by atomic mass is 16.6. The number of piperazine rings is 1. The number of Topliss-reactive ketones (excluding diaryl/α,β-unsaturated/α-hetero) is 1. The Morgan fingerprint density at radius 3 is 2.36 bits per heavy atom. The van der Waals surface area contributed by atoms with Crippen LogP contribution in [0.1, 0.15) is 46.6 Å². The smallest absolute Gasteiger partial charge is 0.411 e. The molecule has 3 rings (SSSR count). The number of hydrogen-bond acceptors (Lipinski definition) is 4. The van der Waals surface area contributed by atoms with Gasteiger partial charge in [0.15, 0.2) is 5.78 Å². The minimum absolute atomic E-state index is 0.122. The maximum atomic E-state index is 12.8. The fraction of sp³-hybridized carbons (Fsp3) is 0.600. The van der Waals surface area contributed by atoms with Crippen LogP contribution in [0, 0.1) is 0 Å². The van der Waals surface area contributed by atoms with Gasteiger partial charge in [0, 0.05) is 26.1 Å². The predicted molar refractivity (Wildman–Crippen MR) is 96.2 cm³/mol. The molecule has 2 unspecified atom stereocenters. The molecule has 0 saturated carbocycles. The van der Waals surface area contributed by atoms with E-state index in [1.807, 2.05) is 52.8 Å². The first-order chi connectivity index (χ1) is 11.5. The van der Waals surface area contributed by atoms with Crippen LogP contribution in [0.5, 0.6) is 0 Å². The molecule has 5 nitrogen and oxygen atoms in total. The first-order valence-corrected chi connectivity index (χ1v) is 8.86. The number of carbonyl (C=O) groups is 2. The Labute approximate surface area is 149 Å². The second kappa shape index (κ2) is 5.84. The predicted octanol–water partition coefficient (Wildman–Crippen LogP) is 3.23. The summed E-state index contributed by atoms with van der Waals surface area (Å²) in [4.78, 5) is 29.6. The molecule has 136 valence electrons. The van der Waals surface area contributed by atoms with E-state index in [1.165, 1.54) is 5.56 Å². The summed E-state index contributed by atoms with van der Waals surface area (Å²) in [7, 11) is 0. The van der Waals surface area contributed by atoms with Gasteiger partial charge in [-0.05, 0) is 40.2 Å². The molecule has 2 aliphatic rings. The lowest BCUT2D eigenvalue weighted by atomic mass is 9.94. The summed E-state index contributed by atoms with van der Waals surface area (Å²) < 4.78 is 5.61. The number of benzene rings is 1. The zero-order valence-corrected chi connectivity index (χ0v) is 15.8. The van der Waals surface area contributed by atoms with Crippen LogP contribution >= 0.6 is 0 Å². The molecule has 0 radical (unpaired) electrons. The molecule has 0 aliphatic carbocycles. The van der Waals surface area contributed by atoms with Crippen LogP contribution in [-0.2, 0) is 16.1 Å². The van der Waals surface area contributed by atoms with Gasteiger partial charge >= 0.3 is 6.09 Å². The average molecular weight is 344 g/mol. The molecule has 1 aromatic carbocycles. The summed E-state index contributed by atoms with van der Waals surface area (Å²) in [5.41, 5.74) is -0.717. The van der Waals surface area contributed by atoms with Gasteiger partial charge in [0.2, 0.25) is 0 Å². The molecule has 0 spiro atoms. The maximum absolute atomic E-state index is 12.8. The van der Waals surface area contributed by atoms with Crippen LogP contribution in [0.4, 0.5) is 4.79 Å². The van der Waals surface area contributed by atoms with E-state index >= 15 is 0 Å². The topological polar surface area (TPSA) is 49.9 Å². The highest BCUT2D eigenvalue weighted by Gasteiger charge is 2.62. The van der Waals surface area contributed by atoms with Gasteiger partial charge in [0.1, 0.15) is 11.1 Å². The molecule has 5 heteroatoms. The van der Waals surface area contributed by atoms with E-state index in [0.717, 1.165) is 6.54 Å². The Balaban J connectivity index is 1.85. The number of amides is 1. The molecule has 1 amide bonds. The molecule has 2 fully saturated rings. The van der Waals surface area contributed by atoms with E-state index in [1.54, 1.807) is 4.90 Å². The summed E-state index contributed by atoms with van der Waals surface area (Å²) in [5.74, 6) is 0.122. The van der Waals surface area contributed by atoms with Crippen LogP contribution in [-0.4, -0.2) is 51.4 Å². The third kappa shape index (κ3) is 3.30. The number of rotatable bonds is 2. The molecule has 25 heavy (non-hydrogen) atoms. The van der Waals surface area contributed by atoms with Crippen LogP contribution in [0.25, 0.3) is 0 Å². The molecular formula is C20H28N2O3. The third-order valence-electron chi connectivity index (χ3n) is 5.10. The zero-order valence-electron chi connectivity index (χ0n) is 15.8. The third-order valence-corrected chi connectivity index (χ3v) is 5.10. The van der Waals surface area contributed by atoms with E-state index < -0.39 is 16.7 Å². The lowest BCUT2D eigenvalue weighted by Crippen LogP contribution is -2.68. The highest BCUT2D eigenvalue weighted by Crippen LogP contribution is 2.44. The van der Waals surface area contributed by atoms with Crippen molar-refractivity contribution >= 4 is 11.9 Å². The fourth-order valence-corrected chi connectivity index (χ4v) is 4.28. The van der Waals surface area contributed by atoms with E-state index in [-0.39, 0.29) is 11.9 Å². The highest BCUT2D eigenvalue weighted by molar-refractivity contribution is 5.97. The van der Waals surface area contributed by atoms with Gasteiger partial charge in [-0.15, -0.1) is 0 Å². The molecule has 2 atom stereocenters.